The van der Waals surface area contributed by atoms with Gasteiger partial charge in [-0.1, -0.05) is 73.5 Å². The Labute approximate surface area is 207 Å². The summed E-state index contributed by atoms with van der Waals surface area (Å²) in [6, 6.07) is 0. The minimum absolute atomic E-state index is 0.150. The van der Waals surface area contributed by atoms with Crippen molar-refractivity contribution in [1.82, 2.24) is 0 Å². The highest BCUT2D eigenvalue weighted by Gasteiger charge is 2.66. The maximum Gasteiger partial charge on any atom is 0.0853 e. The van der Waals surface area contributed by atoms with E-state index in [1.54, 1.807) is 0 Å². The zero-order valence-corrected chi connectivity index (χ0v) is 23.1. The van der Waals surface area contributed by atoms with Gasteiger partial charge < -0.3 is 20.1 Å². The molecule has 0 amide bonds. The fourth-order valence-corrected chi connectivity index (χ4v) is 10.1. The Balaban J connectivity index is 1.84. The fraction of sp³-hybridized carbons (Fsp3) is 0.900. The predicted octanol–water partition coefficient (Wildman–Crippen LogP) is 5.12. The highest BCUT2D eigenvalue weighted by atomic mass is 16.4. The SMILES string of the molecule is CC(C)[C@@H](C)[C@@]1(C)CC[C@]2(C)C3=C(CC[C@@]2(C)[C@@H]1C(=O)[O-])[C@@]1(C)C[C@@H](O)[C@H](O)C(C)(C)[C@@H]1CC3. The van der Waals surface area contributed by atoms with Gasteiger partial charge in [0, 0.05) is 11.9 Å². The van der Waals surface area contributed by atoms with Crippen molar-refractivity contribution in [1.29, 1.82) is 0 Å². The van der Waals surface area contributed by atoms with E-state index in [0.717, 1.165) is 38.5 Å². The summed E-state index contributed by atoms with van der Waals surface area (Å²) in [6.07, 6.45) is 4.80. The molecule has 0 aromatic rings. The van der Waals surface area contributed by atoms with E-state index in [2.05, 4.69) is 62.3 Å². The highest BCUT2D eigenvalue weighted by Crippen LogP contribution is 2.73. The minimum atomic E-state index is -0.871. The van der Waals surface area contributed by atoms with Crippen LogP contribution in [-0.2, 0) is 4.79 Å². The number of carbonyl (C=O) groups excluding carboxylic acids is 1. The van der Waals surface area contributed by atoms with Crippen molar-refractivity contribution in [2.45, 2.75) is 119 Å². The van der Waals surface area contributed by atoms with Crippen molar-refractivity contribution >= 4 is 5.97 Å². The Morgan fingerprint density at radius 2 is 1.56 bits per heavy atom. The van der Waals surface area contributed by atoms with Crippen LogP contribution in [0, 0.1) is 50.7 Å². The van der Waals surface area contributed by atoms with Crippen LogP contribution in [-0.4, -0.2) is 28.4 Å². The Morgan fingerprint density at radius 1 is 0.941 bits per heavy atom. The number of carboxylic acid groups (broad SMARTS) is 1. The molecular weight excluding hydrogens is 424 g/mol. The summed E-state index contributed by atoms with van der Waals surface area (Å²) >= 11 is 0. The average Bonchev–Trinajstić information content (AvgIpc) is 2.72. The number of aliphatic hydroxyl groups excluding tert-OH is 2. The van der Waals surface area contributed by atoms with Gasteiger partial charge in [0.15, 0.2) is 0 Å². The summed E-state index contributed by atoms with van der Waals surface area (Å²) in [6.45, 7) is 20.0. The summed E-state index contributed by atoms with van der Waals surface area (Å²) < 4.78 is 0. The van der Waals surface area contributed by atoms with Gasteiger partial charge in [-0.2, -0.15) is 0 Å². The second kappa shape index (κ2) is 7.81. The van der Waals surface area contributed by atoms with Gasteiger partial charge >= 0.3 is 0 Å². The summed E-state index contributed by atoms with van der Waals surface area (Å²) in [5, 5.41) is 34.7. The lowest BCUT2D eigenvalue weighted by Gasteiger charge is -2.69. The van der Waals surface area contributed by atoms with Crippen LogP contribution in [0.2, 0.25) is 0 Å². The Bertz CT molecular complexity index is 888. The lowest BCUT2D eigenvalue weighted by Crippen LogP contribution is -2.65. The van der Waals surface area contributed by atoms with Crippen LogP contribution in [0.3, 0.4) is 0 Å². The third-order valence-corrected chi connectivity index (χ3v) is 12.7. The average molecular weight is 474 g/mol. The van der Waals surface area contributed by atoms with Crippen LogP contribution < -0.4 is 5.11 Å². The summed E-state index contributed by atoms with van der Waals surface area (Å²) in [4.78, 5) is 12.9. The number of aliphatic carboxylic acids is 1. The number of hydrogen-bond donors (Lipinski definition) is 2. The van der Waals surface area contributed by atoms with Crippen LogP contribution in [0.4, 0.5) is 0 Å². The molecular formula is C30H49O4-. The third kappa shape index (κ3) is 3.12. The van der Waals surface area contributed by atoms with Gasteiger partial charge in [0.05, 0.1) is 12.2 Å². The number of carboxylic acids is 1. The maximum atomic E-state index is 12.9. The Kier molecular flexibility index (Phi) is 6.02. The molecule has 0 aromatic carbocycles. The van der Waals surface area contributed by atoms with Crippen LogP contribution in [0.5, 0.6) is 0 Å². The molecule has 4 nitrogen and oxygen atoms in total. The molecule has 0 bridgehead atoms. The second-order valence-corrected chi connectivity index (χ2v) is 14.5. The third-order valence-electron chi connectivity index (χ3n) is 12.7. The molecule has 4 rings (SSSR count). The van der Waals surface area contributed by atoms with Crippen molar-refractivity contribution in [3.05, 3.63) is 11.1 Å². The summed E-state index contributed by atoms with van der Waals surface area (Å²) in [7, 11) is 0. The van der Waals surface area contributed by atoms with E-state index < -0.39 is 24.1 Å². The van der Waals surface area contributed by atoms with E-state index in [9.17, 15) is 20.1 Å². The van der Waals surface area contributed by atoms with Crippen molar-refractivity contribution in [3.63, 3.8) is 0 Å². The number of allylic oxidation sites excluding steroid dienone is 2. The van der Waals surface area contributed by atoms with Gasteiger partial charge in [-0.15, -0.1) is 0 Å². The van der Waals surface area contributed by atoms with Crippen molar-refractivity contribution in [2.75, 3.05) is 0 Å². The summed E-state index contributed by atoms with van der Waals surface area (Å²) in [5.74, 6) is -0.311. The number of aliphatic hydroxyl groups is 2. The normalized spacial score (nSPS) is 49.2. The number of rotatable bonds is 3. The molecule has 34 heavy (non-hydrogen) atoms. The fourth-order valence-electron chi connectivity index (χ4n) is 10.1. The van der Waals surface area contributed by atoms with Crippen LogP contribution in [0.1, 0.15) is 107 Å². The Hall–Kier alpha value is -0.870. The van der Waals surface area contributed by atoms with E-state index in [1.165, 1.54) is 11.1 Å². The Morgan fingerprint density at radius 3 is 2.12 bits per heavy atom. The van der Waals surface area contributed by atoms with Gasteiger partial charge in [-0.05, 0) is 89.8 Å². The monoisotopic (exact) mass is 473 g/mol. The first-order chi connectivity index (χ1) is 15.5. The van der Waals surface area contributed by atoms with Gasteiger partial charge in [-0.3, -0.25) is 0 Å². The zero-order valence-electron chi connectivity index (χ0n) is 23.1. The molecule has 4 aliphatic rings. The molecule has 2 N–H and O–H groups in total. The molecule has 2 saturated carbocycles. The molecule has 0 radical (unpaired) electrons. The van der Waals surface area contributed by atoms with Crippen molar-refractivity contribution in [3.8, 4) is 0 Å². The molecule has 4 heteroatoms. The first-order valence-electron chi connectivity index (χ1n) is 13.8. The molecule has 0 unspecified atom stereocenters. The van der Waals surface area contributed by atoms with E-state index in [4.69, 9.17) is 0 Å². The number of fused-ring (bicyclic) bond motifs is 4. The molecule has 0 spiro atoms. The number of hydrogen-bond acceptors (Lipinski definition) is 4. The standard InChI is InChI=1S/C30H50O4/c1-17(2)18(3)27(6)14-15-29(8)20-10-11-22-26(4,5)24(32)21(31)16-28(22,7)19(20)12-13-30(29,9)23(27)25(33)34/h17-18,21-24,31-32H,10-16H2,1-9H3,(H,33,34)/p-1/t18-,21-,22+,23-,24+,27-,28-,29-,30+/m1/s1. The second-order valence-electron chi connectivity index (χ2n) is 14.5. The zero-order chi connectivity index (χ0) is 25.6. The quantitative estimate of drug-likeness (QED) is 0.558. The summed E-state index contributed by atoms with van der Waals surface area (Å²) in [5.41, 5.74) is 1.63. The molecule has 0 heterocycles. The highest BCUT2D eigenvalue weighted by molar-refractivity contribution is 5.71. The first kappa shape index (κ1) is 26.2. The molecule has 0 aromatic heterocycles. The molecule has 2 fully saturated rings. The van der Waals surface area contributed by atoms with Gasteiger partial charge in [-0.25, -0.2) is 0 Å². The van der Waals surface area contributed by atoms with E-state index in [0.29, 0.717) is 24.2 Å². The van der Waals surface area contributed by atoms with Crippen LogP contribution >= 0.6 is 0 Å². The maximum absolute atomic E-state index is 12.9. The molecule has 9 atom stereocenters. The predicted molar refractivity (Wildman–Crippen MR) is 134 cm³/mol. The largest absolute Gasteiger partial charge is 0.550 e. The molecule has 0 saturated heterocycles. The van der Waals surface area contributed by atoms with Crippen molar-refractivity contribution < 1.29 is 20.1 Å². The minimum Gasteiger partial charge on any atom is -0.550 e. The van der Waals surface area contributed by atoms with E-state index in [1.807, 2.05) is 0 Å². The lowest BCUT2D eigenvalue weighted by molar-refractivity contribution is -0.328. The molecule has 0 aliphatic heterocycles. The topological polar surface area (TPSA) is 80.6 Å². The lowest BCUT2D eigenvalue weighted by atomic mass is 9.36. The van der Waals surface area contributed by atoms with Gasteiger partial charge in [0.2, 0.25) is 0 Å². The first-order valence-corrected chi connectivity index (χ1v) is 13.8. The smallest absolute Gasteiger partial charge is 0.0853 e. The number of carbonyl (C=O) groups is 1. The van der Waals surface area contributed by atoms with Gasteiger partial charge in [0.25, 0.3) is 0 Å². The van der Waals surface area contributed by atoms with Crippen LogP contribution in [0.15, 0.2) is 11.1 Å². The van der Waals surface area contributed by atoms with E-state index in [-0.39, 0.29) is 27.1 Å². The van der Waals surface area contributed by atoms with Gasteiger partial charge in [0.1, 0.15) is 0 Å². The molecule has 4 aliphatic carbocycles. The van der Waals surface area contributed by atoms with Crippen LogP contribution in [0.25, 0.3) is 0 Å². The van der Waals surface area contributed by atoms with Crippen molar-refractivity contribution in [2.24, 2.45) is 50.7 Å². The molecule has 194 valence electrons. The van der Waals surface area contributed by atoms with E-state index >= 15 is 0 Å².